The van der Waals surface area contributed by atoms with Crippen molar-refractivity contribution in [2.24, 2.45) is 0 Å². The first-order valence-electron chi connectivity index (χ1n) is 18.5. The highest BCUT2D eigenvalue weighted by Crippen LogP contribution is 2.40. The van der Waals surface area contributed by atoms with Crippen LogP contribution >= 0.6 is 0 Å². The molecule has 0 fully saturated rings. The molecule has 0 radical (unpaired) electrons. The van der Waals surface area contributed by atoms with Gasteiger partial charge in [-0.05, 0) is 91.0 Å². The van der Waals surface area contributed by atoms with Crippen molar-refractivity contribution in [3.8, 4) is 56.4 Å². The molecule has 0 N–H and O–H groups in total. The van der Waals surface area contributed by atoms with Crippen molar-refractivity contribution in [1.82, 2.24) is 15.0 Å². The van der Waals surface area contributed by atoms with Crippen LogP contribution < -0.4 is 0 Å². The summed E-state index contributed by atoms with van der Waals surface area (Å²) in [4.78, 5) is 15.1. The third-order valence-electron chi connectivity index (χ3n) is 10.7. The van der Waals surface area contributed by atoms with Gasteiger partial charge in [-0.15, -0.1) is 0 Å². The third-order valence-corrected chi connectivity index (χ3v) is 10.7. The fraction of sp³-hybridized carbons (Fsp3) is 0. The van der Waals surface area contributed by atoms with Crippen molar-refractivity contribution in [2.45, 2.75) is 0 Å². The average molecular weight is 702 g/mol. The van der Waals surface area contributed by atoms with Crippen LogP contribution in [-0.2, 0) is 0 Å². The zero-order valence-corrected chi connectivity index (χ0v) is 29.6. The van der Waals surface area contributed by atoms with E-state index < -0.39 is 0 Å². The van der Waals surface area contributed by atoms with Gasteiger partial charge < -0.3 is 4.42 Å². The maximum absolute atomic E-state index is 6.36. The van der Waals surface area contributed by atoms with Crippen LogP contribution in [0.4, 0.5) is 0 Å². The first kappa shape index (κ1) is 31.1. The topological polar surface area (TPSA) is 51.8 Å². The Hall–Kier alpha value is -7.43. The van der Waals surface area contributed by atoms with Gasteiger partial charge in [-0.2, -0.15) is 0 Å². The quantitative estimate of drug-likeness (QED) is 0.168. The smallest absolute Gasteiger partial charge is 0.164 e. The first-order valence-corrected chi connectivity index (χ1v) is 18.5. The molecule has 4 nitrogen and oxygen atoms in total. The molecule has 256 valence electrons. The molecule has 0 saturated carbocycles. The number of furan rings is 1. The van der Waals surface area contributed by atoms with E-state index in [0.29, 0.717) is 17.5 Å². The molecule has 11 aromatic rings. The summed E-state index contributed by atoms with van der Waals surface area (Å²) < 4.78 is 6.36. The molecule has 0 spiro atoms. The van der Waals surface area contributed by atoms with E-state index in [1.54, 1.807) is 0 Å². The Balaban J connectivity index is 1.01. The van der Waals surface area contributed by atoms with Crippen molar-refractivity contribution in [1.29, 1.82) is 0 Å². The van der Waals surface area contributed by atoms with Crippen LogP contribution in [0, 0.1) is 0 Å². The number of benzene rings is 9. The van der Waals surface area contributed by atoms with Crippen molar-refractivity contribution >= 4 is 54.3 Å². The van der Waals surface area contributed by atoms with Crippen LogP contribution in [0.2, 0.25) is 0 Å². The van der Waals surface area contributed by atoms with Crippen molar-refractivity contribution in [2.75, 3.05) is 0 Å². The second kappa shape index (κ2) is 12.6. The van der Waals surface area contributed by atoms with E-state index in [-0.39, 0.29) is 0 Å². The van der Waals surface area contributed by atoms with E-state index in [2.05, 4.69) is 152 Å². The van der Waals surface area contributed by atoms with Crippen LogP contribution in [0.5, 0.6) is 0 Å². The maximum Gasteiger partial charge on any atom is 0.164 e. The number of hydrogen-bond acceptors (Lipinski definition) is 4. The second-order valence-corrected chi connectivity index (χ2v) is 14.0. The lowest BCUT2D eigenvalue weighted by atomic mass is 9.95. The monoisotopic (exact) mass is 701 g/mol. The van der Waals surface area contributed by atoms with Crippen LogP contribution in [-0.4, -0.2) is 15.0 Å². The molecule has 2 heterocycles. The van der Waals surface area contributed by atoms with Gasteiger partial charge in [0, 0.05) is 27.5 Å². The summed E-state index contributed by atoms with van der Waals surface area (Å²) >= 11 is 0. The number of aromatic nitrogens is 3. The molecule has 9 aromatic carbocycles. The van der Waals surface area contributed by atoms with E-state index in [1.165, 1.54) is 27.3 Å². The molecule has 0 saturated heterocycles. The zero-order valence-electron chi connectivity index (χ0n) is 29.6. The SMILES string of the molecule is c1ccc(-c2ccc3oc4cccc(-c5ccc6cc(-c7nc(-c8ccccc8)nc(-c8ccc9c(ccc%10ccccc%109)c8)n7)ccc6c5)c4c3c2)cc1. The van der Waals surface area contributed by atoms with E-state index in [4.69, 9.17) is 19.4 Å². The molecule has 11 rings (SSSR count). The predicted octanol–water partition coefficient (Wildman–Crippen LogP) is 13.6. The maximum atomic E-state index is 6.36. The van der Waals surface area contributed by atoms with Crippen LogP contribution in [0.15, 0.2) is 192 Å². The Morgan fingerprint density at radius 2 is 0.855 bits per heavy atom. The molecular formula is C51H31N3O. The summed E-state index contributed by atoms with van der Waals surface area (Å²) in [7, 11) is 0. The van der Waals surface area contributed by atoms with Gasteiger partial charge in [-0.3, -0.25) is 0 Å². The molecule has 4 heteroatoms. The van der Waals surface area contributed by atoms with Crippen molar-refractivity contribution < 1.29 is 4.42 Å². The average Bonchev–Trinajstić information content (AvgIpc) is 3.64. The van der Waals surface area contributed by atoms with Gasteiger partial charge >= 0.3 is 0 Å². The van der Waals surface area contributed by atoms with E-state index in [1.807, 2.05) is 36.4 Å². The Bertz CT molecular complexity index is 3260. The van der Waals surface area contributed by atoms with Crippen LogP contribution in [0.3, 0.4) is 0 Å². The molecule has 0 aliphatic heterocycles. The number of fused-ring (bicyclic) bond motifs is 7. The molecule has 0 bridgehead atoms. The number of rotatable bonds is 5. The molecule has 55 heavy (non-hydrogen) atoms. The number of hydrogen-bond donors (Lipinski definition) is 0. The Morgan fingerprint density at radius 1 is 0.291 bits per heavy atom. The molecule has 2 aromatic heterocycles. The summed E-state index contributed by atoms with van der Waals surface area (Å²) in [6.07, 6.45) is 0. The van der Waals surface area contributed by atoms with Gasteiger partial charge in [0.25, 0.3) is 0 Å². The summed E-state index contributed by atoms with van der Waals surface area (Å²) in [6, 6.07) is 65.9. The molecule has 0 unspecified atom stereocenters. The standard InChI is InChI=1S/C51H31N3O/c1-3-10-32(11-4-1)37-25-27-46-45(31-37)48-44(16-9-17-47(48)55-46)39-22-19-36-29-40(23-20-35(36)28-39)50-52-49(34-13-5-2-6-14-34)53-51(54-50)41-24-26-43-38(30-41)21-18-33-12-7-8-15-42(33)43/h1-31H. The van der Waals surface area contributed by atoms with Crippen LogP contribution in [0.25, 0.3) is 111 Å². The van der Waals surface area contributed by atoms with E-state index in [9.17, 15) is 0 Å². The second-order valence-electron chi connectivity index (χ2n) is 14.0. The molecular weight excluding hydrogens is 671 g/mol. The highest BCUT2D eigenvalue weighted by molar-refractivity contribution is 6.14. The summed E-state index contributed by atoms with van der Waals surface area (Å²) in [5, 5.41) is 9.30. The molecule has 0 atom stereocenters. The van der Waals surface area contributed by atoms with Gasteiger partial charge in [0.1, 0.15) is 11.2 Å². The largest absolute Gasteiger partial charge is 0.456 e. The van der Waals surface area contributed by atoms with E-state index >= 15 is 0 Å². The lowest BCUT2D eigenvalue weighted by Gasteiger charge is -2.11. The van der Waals surface area contributed by atoms with Gasteiger partial charge in [-0.1, -0.05) is 152 Å². The molecule has 0 aliphatic rings. The lowest BCUT2D eigenvalue weighted by molar-refractivity contribution is 0.669. The Kier molecular flexibility index (Phi) is 7.14. The minimum absolute atomic E-state index is 0.636. The molecule has 0 aliphatic carbocycles. The third kappa shape index (κ3) is 5.43. The van der Waals surface area contributed by atoms with Gasteiger partial charge in [0.15, 0.2) is 17.5 Å². The normalized spacial score (nSPS) is 11.6. The van der Waals surface area contributed by atoms with Crippen molar-refractivity contribution in [3.05, 3.63) is 188 Å². The predicted molar refractivity (Wildman–Crippen MR) is 227 cm³/mol. The Morgan fingerprint density at radius 3 is 1.64 bits per heavy atom. The summed E-state index contributed by atoms with van der Waals surface area (Å²) in [5.74, 6) is 1.92. The Labute approximate surface area is 317 Å². The zero-order chi connectivity index (χ0) is 36.3. The van der Waals surface area contributed by atoms with Crippen molar-refractivity contribution in [3.63, 3.8) is 0 Å². The fourth-order valence-electron chi connectivity index (χ4n) is 7.93. The summed E-state index contributed by atoms with van der Waals surface area (Å²) in [5.41, 5.74) is 9.23. The number of nitrogens with zero attached hydrogens (tertiary/aromatic N) is 3. The highest BCUT2D eigenvalue weighted by Gasteiger charge is 2.16. The van der Waals surface area contributed by atoms with E-state index in [0.717, 1.165) is 65.9 Å². The minimum Gasteiger partial charge on any atom is -0.456 e. The molecule has 0 amide bonds. The lowest BCUT2D eigenvalue weighted by Crippen LogP contribution is -2.00. The van der Waals surface area contributed by atoms with Gasteiger partial charge in [-0.25, -0.2) is 15.0 Å². The highest BCUT2D eigenvalue weighted by atomic mass is 16.3. The minimum atomic E-state index is 0.636. The summed E-state index contributed by atoms with van der Waals surface area (Å²) in [6.45, 7) is 0. The van der Waals surface area contributed by atoms with Crippen LogP contribution in [0.1, 0.15) is 0 Å². The fourth-order valence-corrected chi connectivity index (χ4v) is 7.93. The first-order chi connectivity index (χ1) is 27.2. The van der Waals surface area contributed by atoms with Gasteiger partial charge in [0.05, 0.1) is 0 Å². The van der Waals surface area contributed by atoms with Gasteiger partial charge in [0.2, 0.25) is 0 Å².